The largest absolute Gasteiger partial charge is 0.344 e. The van der Waals surface area contributed by atoms with Gasteiger partial charge in [0.25, 0.3) is 0 Å². The molecule has 1 saturated heterocycles. The topological polar surface area (TPSA) is 18.5 Å². The highest BCUT2D eigenvalue weighted by molar-refractivity contribution is 6.31. The second kappa shape index (κ2) is 4.27. The highest BCUT2D eigenvalue weighted by atomic mass is 35.5. The van der Waals surface area contributed by atoms with Gasteiger partial charge in [-0.15, -0.1) is 0 Å². The van der Waals surface area contributed by atoms with Crippen molar-refractivity contribution in [1.82, 2.24) is 0 Å². The number of rotatable bonds is 1. The Morgan fingerprint density at radius 2 is 1.88 bits per heavy atom. The van der Waals surface area contributed by atoms with Crippen LogP contribution in [-0.4, -0.2) is 11.9 Å². The van der Waals surface area contributed by atoms with E-state index in [0.29, 0.717) is 0 Å². The minimum absolute atomic E-state index is 0.137. The summed E-state index contributed by atoms with van der Waals surface area (Å²) in [5, 5.41) is 0.727. The molecule has 0 amide bonds. The van der Waals surface area contributed by atoms with Crippen molar-refractivity contribution in [2.45, 2.75) is 43.7 Å². The predicted molar refractivity (Wildman–Crippen MR) is 66.7 cm³/mol. The predicted octanol–water partition coefficient (Wildman–Crippen LogP) is 3.90. The van der Waals surface area contributed by atoms with E-state index in [4.69, 9.17) is 21.1 Å². The van der Waals surface area contributed by atoms with Crippen molar-refractivity contribution in [3.63, 3.8) is 0 Å². The molecule has 1 spiro atoms. The fourth-order valence-electron chi connectivity index (χ4n) is 2.79. The first-order valence-electron chi connectivity index (χ1n) is 6.13. The number of hydrogen-bond donors (Lipinski definition) is 0. The van der Waals surface area contributed by atoms with Crippen molar-refractivity contribution < 1.29 is 9.47 Å². The zero-order chi connectivity index (χ0) is 11.9. The summed E-state index contributed by atoms with van der Waals surface area (Å²) >= 11 is 6.20. The van der Waals surface area contributed by atoms with Crippen molar-refractivity contribution in [3.05, 3.63) is 41.8 Å². The number of hydrogen-bond acceptors (Lipinski definition) is 2. The summed E-state index contributed by atoms with van der Waals surface area (Å²) in [6, 6.07) is 7.76. The van der Waals surface area contributed by atoms with Crippen LogP contribution in [0.5, 0.6) is 0 Å². The van der Waals surface area contributed by atoms with E-state index in [1.807, 2.05) is 24.3 Å². The van der Waals surface area contributed by atoms with Crippen LogP contribution in [0.2, 0.25) is 5.02 Å². The Morgan fingerprint density at radius 1 is 1.18 bits per heavy atom. The van der Waals surface area contributed by atoms with Crippen molar-refractivity contribution >= 4 is 11.6 Å². The Bertz CT molecular complexity index is 412. The second-order valence-corrected chi connectivity index (χ2v) is 5.24. The van der Waals surface area contributed by atoms with Crippen LogP contribution in [0, 0.1) is 6.92 Å². The van der Waals surface area contributed by atoms with E-state index in [0.717, 1.165) is 23.4 Å². The molecule has 1 aromatic carbocycles. The Hall–Kier alpha value is -0.570. The SMILES string of the molecule is [CH2][C@@H]1OC2(CCCC2)O[C@H]1c1ccccc1Cl. The smallest absolute Gasteiger partial charge is 0.169 e. The fraction of sp³-hybridized carbons (Fsp3) is 0.500. The molecule has 2 nitrogen and oxygen atoms in total. The van der Waals surface area contributed by atoms with E-state index in [2.05, 4.69) is 6.92 Å². The van der Waals surface area contributed by atoms with Crippen molar-refractivity contribution in [2.24, 2.45) is 0 Å². The van der Waals surface area contributed by atoms with Crippen LogP contribution >= 0.6 is 11.6 Å². The number of ether oxygens (including phenoxy) is 2. The van der Waals surface area contributed by atoms with Crippen molar-refractivity contribution in [3.8, 4) is 0 Å². The molecule has 1 aromatic rings. The standard InChI is InChI=1S/C14H16ClO2/c1-10-13(11-6-2-3-7-12(11)15)17-14(16-10)8-4-5-9-14/h2-3,6-7,10,13H,1,4-5,8-9H2/t10-,13+/m0/s1. The summed E-state index contributed by atoms with van der Waals surface area (Å²) in [6.07, 6.45) is 3.97. The van der Waals surface area contributed by atoms with Gasteiger partial charge in [0.15, 0.2) is 5.79 Å². The summed E-state index contributed by atoms with van der Waals surface area (Å²) in [6.45, 7) is 4.05. The van der Waals surface area contributed by atoms with Gasteiger partial charge in [-0.3, -0.25) is 0 Å². The zero-order valence-corrected chi connectivity index (χ0v) is 10.5. The summed E-state index contributed by atoms with van der Waals surface area (Å²) in [5.74, 6) is -0.393. The third kappa shape index (κ3) is 1.99. The van der Waals surface area contributed by atoms with Gasteiger partial charge < -0.3 is 9.47 Å². The lowest BCUT2D eigenvalue weighted by Gasteiger charge is -2.22. The molecule has 1 aliphatic heterocycles. The molecular weight excluding hydrogens is 236 g/mol. The van der Waals surface area contributed by atoms with E-state index in [1.165, 1.54) is 12.8 Å². The molecule has 0 unspecified atom stereocenters. The van der Waals surface area contributed by atoms with Gasteiger partial charge in [-0.1, -0.05) is 29.8 Å². The van der Waals surface area contributed by atoms with E-state index in [-0.39, 0.29) is 12.2 Å². The maximum atomic E-state index is 6.20. The summed E-state index contributed by atoms with van der Waals surface area (Å²) in [4.78, 5) is 0. The molecule has 3 rings (SSSR count). The van der Waals surface area contributed by atoms with Gasteiger partial charge in [-0.2, -0.15) is 0 Å². The Morgan fingerprint density at radius 3 is 2.59 bits per heavy atom. The highest BCUT2D eigenvalue weighted by Gasteiger charge is 2.48. The molecule has 2 fully saturated rings. The summed E-state index contributed by atoms with van der Waals surface area (Å²) in [7, 11) is 0. The lowest BCUT2D eigenvalue weighted by atomic mass is 10.1. The summed E-state index contributed by atoms with van der Waals surface area (Å²) in [5.41, 5.74) is 0.984. The van der Waals surface area contributed by atoms with Crippen LogP contribution in [0.15, 0.2) is 24.3 Å². The number of benzene rings is 1. The Kier molecular flexibility index (Phi) is 2.89. The molecular formula is C14H16ClO2. The van der Waals surface area contributed by atoms with E-state index < -0.39 is 5.79 Å². The van der Waals surface area contributed by atoms with Crippen LogP contribution in [0.4, 0.5) is 0 Å². The zero-order valence-electron chi connectivity index (χ0n) is 9.69. The van der Waals surface area contributed by atoms with Crippen LogP contribution < -0.4 is 0 Å². The van der Waals surface area contributed by atoms with Gasteiger partial charge in [0, 0.05) is 23.4 Å². The van der Waals surface area contributed by atoms with Gasteiger partial charge in [0.2, 0.25) is 0 Å². The molecule has 17 heavy (non-hydrogen) atoms. The fourth-order valence-corrected chi connectivity index (χ4v) is 3.03. The average molecular weight is 252 g/mol. The highest BCUT2D eigenvalue weighted by Crippen LogP contribution is 2.47. The minimum Gasteiger partial charge on any atom is -0.344 e. The first kappa shape index (κ1) is 11.5. The monoisotopic (exact) mass is 251 g/mol. The molecule has 1 heterocycles. The molecule has 0 N–H and O–H groups in total. The Balaban J connectivity index is 1.87. The molecule has 3 heteroatoms. The van der Waals surface area contributed by atoms with Crippen LogP contribution in [-0.2, 0) is 9.47 Å². The van der Waals surface area contributed by atoms with Gasteiger partial charge >= 0.3 is 0 Å². The van der Waals surface area contributed by atoms with E-state index in [9.17, 15) is 0 Å². The molecule has 1 radical (unpaired) electrons. The second-order valence-electron chi connectivity index (χ2n) is 4.83. The molecule has 2 aliphatic rings. The minimum atomic E-state index is -0.393. The van der Waals surface area contributed by atoms with E-state index >= 15 is 0 Å². The molecule has 0 aromatic heterocycles. The van der Waals surface area contributed by atoms with Gasteiger partial charge in [-0.25, -0.2) is 0 Å². The molecule has 1 saturated carbocycles. The maximum Gasteiger partial charge on any atom is 0.169 e. The van der Waals surface area contributed by atoms with E-state index in [1.54, 1.807) is 0 Å². The van der Waals surface area contributed by atoms with Crippen molar-refractivity contribution in [2.75, 3.05) is 0 Å². The third-order valence-corrected chi connectivity index (χ3v) is 3.97. The van der Waals surface area contributed by atoms with Crippen LogP contribution in [0.25, 0.3) is 0 Å². The summed E-state index contributed by atoms with van der Waals surface area (Å²) < 4.78 is 12.1. The quantitative estimate of drug-likeness (QED) is 0.754. The molecule has 0 bridgehead atoms. The normalized spacial score (nSPS) is 31.2. The average Bonchev–Trinajstić information content (AvgIpc) is 2.88. The van der Waals surface area contributed by atoms with Gasteiger partial charge in [0.05, 0.1) is 6.10 Å². The molecule has 1 aliphatic carbocycles. The van der Waals surface area contributed by atoms with Gasteiger partial charge in [-0.05, 0) is 25.8 Å². The third-order valence-electron chi connectivity index (χ3n) is 3.62. The Labute approximate surface area is 107 Å². The molecule has 2 atom stereocenters. The van der Waals surface area contributed by atoms with Crippen LogP contribution in [0.3, 0.4) is 0 Å². The first-order valence-corrected chi connectivity index (χ1v) is 6.51. The van der Waals surface area contributed by atoms with Crippen LogP contribution in [0.1, 0.15) is 37.4 Å². The number of halogens is 1. The maximum absolute atomic E-state index is 6.20. The van der Waals surface area contributed by atoms with Crippen molar-refractivity contribution in [1.29, 1.82) is 0 Å². The first-order chi connectivity index (χ1) is 8.20. The molecule has 91 valence electrons. The lowest BCUT2D eigenvalue weighted by molar-refractivity contribution is -0.167. The van der Waals surface area contributed by atoms with Gasteiger partial charge in [0.1, 0.15) is 6.10 Å². The lowest BCUT2D eigenvalue weighted by Crippen LogP contribution is -2.26.